The Bertz CT molecular complexity index is 620. The summed E-state index contributed by atoms with van der Waals surface area (Å²) >= 11 is 0. The summed E-state index contributed by atoms with van der Waals surface area (Å²) in [7, 11) is 0. The van der Waals surface area contributed by atoms with Gasteiger partial charge in [-0.1, -0.05) is 0 Å². The van der Waals surface area contributed by atoms with E-state index >= 15 is 0 Å². The third kappa shape index (κ3) is 3.57. The third-order valence-corrected chi connectivity index (χ3v) is 3.65. The summed E-state index contributed by atoms with van der Waals surface area (Å²) in [6.07, 6.45) is 1.36. The predicted octanol–water partition coefficient (Wildman–Crippen LogP) is 1.93. The standard InChI is InChI=1S/C14H16FN3O4/c1-9(19)17-6-2-3-10(8-17)14(20)16-11-4-5-12(15)13(7-11)18(21)22/h4-5,7,10H,2-3,6,8H2,1H3,(H,16,20)/t10-/m0/s1. The molecule has 1 saturated heterocycles. The molecule has 0 bridgehead atoms. The number of hydrogen-bond acceptors (Lipinski definition) is 4. The van der Waals surface area contributed by atoms with Crippen LogP contribution in [0.25, 0.3) is 0 Å². The first-order valence-corrected chi connectivity index (χ1v) is 6.89. The van der Waals surface area contributed by atoms with Crippen LogP contribution in [0.2, 0.25) is 0 Å². The van der Waals surface area contributed by atoms with Gasteiger partial charge in [0.1, 0.15) is 0 Å². The van der Waals surface area contributed by atoms with Crippen LogP contribution in [0.4, 0.5) is 15.8 Å². The lowest BCUT2D eigenvalue weighted by atomic mass is 9.97. The second kappa shape index (κ2) is 6.50. The Labute approximate surface area is 126 Å². The highest BCUT2D eigenvalue weighted by Crippen LogP contribution is 2.23. The van der Waals surface area contributed by atoms with E-state index in [9.17, 15) is 24.1 Å². The zero-order chi connectivity index (χ0) is 16.3. The first kappa shape index (κ1) is 15.9. The minimum absolute atomic E-state index is 0.0880. The van der Waals surface area contributed by atoms with Crippen molar-refractivity contribution in [3.05, 3.63) is 34.1 Å². The summed E-state index contributed by atoms with van der Waals surface area (Å²) in [6.45, 7) is 2.40. The van der Waals surface area contributed by atoms with Gasteiger partial charge in [0.25, 0.3) is 0 Å². The number of carbonyl (C=O) groups excluding carboxylic acids is 2. The van der Waals surface area contributed by atoms with E-state index in [4.69, 9.17) is 0 Å². The quantitative estimate of drug-likeness (QED) is 0.682. The van der Waals surface area contributed by atoms with Crippen LogP contribution in [0.1, 0.15) is 19.8 Å². The number of nitro groups is 1. The number of anilines is 1. The second-order valence-electron chi connectivity index (χ2n) is 5.22. The van der Waals surface area contributed by atoms with Crippen molar-refractivity contribution in [3.8, 4) is 0 Å². The highest BCUT2D eigenvalue weighted by molar-refractivity contribution is 5.93. The first-order chi connectivity index (χ1) is 10.4. The van der Waals surface area contributed by atoms with Crippen LogP contribution in [0.5, 0.6) is 0 Å². The van der Waals surface area contributed by atoms with E-state index in [1.54, 1.807) is 4.90 Å². The van der Waals surface area contributed by atoms with Crippen molar-refractivity contribution < 1.29 is 18.9 Å². The summed E-state index contributed by atoms with van der Waals surface area (Å²) in [5, 5.41) is 13.2. The fourth-order valence-electron chi connectivity index (χ4n) is 2.45. The molecule has 0 aromatic heterocycles. The maximum Gasteiger partial charge on any atom is 0.306 e. The molecule has 0 saturated carbocycles. The van der Waals surface area contributed by atoms with Gasteiger partial charge in [-0.25, -0.2) is 0 Å². The zero-order valence-electron chi connectivity index (χ0n) is 12.0. The van der Waals surface area contributed by atoms with Gasteiger partial charge in [0.15, 0.2) is 0 Å². The highest BCUT2D eigenvalue weighted by atomic mass is 19.1. The number of nitrogens with one attached hydrogen (secondary N) is 1. The number of piperidine rings is 1. The molecular formula is C14H16FN3O4. The molecule has 7 nitrogen and oxygen atoms in total. The molecule has 0 unspecified atom stereocenters. The lowest BCUT2D eigenvalue weighted by Gasteiger charge is -2.31. The van der Waals surface area contributed by atoms with Crippen molar-refractivity contribution in [1.82, 2.24) is 4.90 Å². The predicted molar refractivity (Wildman–Crippen MR) is 76.7 cm³/mol. The van der Waals surface area contributed by atoms with Gasteiger partial charge in [-0.3, -0.25) is 19.7 Å². The number of hydrogen-bond donors (Lipinski definition) is 1. The maximum atomic E-state index is 13.3. The molecule has 1 aliphatic heterocycles. The van der Waals surface area contributed by atoms with Gasteiger partial charge < -0.3 is 10.2 Å². The van der Waals surface area contributed by atoms with Crippen molar-refractivity contribution in [3.63, 3.8) is 0 Å². The molecule has 1 heterocycles. The number of amides is 2. The SMILES string of the molecule is CC(=O)N1CCC[C@H](C(=O)Nc2ccc(F)c([N+](=O)[O-])c2)C1. The zero-order valence-corrected chi connectivity index (χ0v) is 12.0. The Morgan fingerprint density at radius 1 is 1.45 bits per heavy atom. The van der Waals surface area contributed by atoms with Crippen molar-refractivity contribution in [2.75, 3.05) is 18.4 Å². The molecule has 8 heteroatoms. The van der Waals surface area contributed by atoms with Gasteiger partial charge in [-0.05, 0) is 25.0 Å². The van der Waals surface area contributed by atoms with Gasteiger partial charge >= 0.3 is 5.69 Å². The van der Waals surface area contributed by atoms with Crippen LogP contribution in [-0.2, 0) is 9.59 Å². The van der Waals surface area contributed by atoms with Gasteiger partial charge in [-0.2, -0.15) is 4.39 Å². The molecule has 1 atom stereocenters. The van der Waals surface area contributed by atoms with Gasteiger partial charge in [0, 0.05) is 31.8 Å². The molecule has 0 aliphatic carbocycles. The Hall–Kier alpha value is -2.51. The highest BCUT2D eigenvalue weighted by Gasteiger charge is 2.27. The molecule has 0 spiro atoms. The fraction of sp³-hybridized carbons (Fsp3) is 0.429. The Morgan fingerprint density at radius 3 is 2.82 bits per heavy atom. The van der Waals surface area contributed by atoms with Gasteiger partial charge in [0.2, 0.25) is 17.6 Å². The summed E-state index contributed by atoms with van der Waals surface area (Å²) in [5.74, 6) is -1.74. The fourth-order valence-corrected chi connectivity index (χ4v) is 2.45. The van der Waals surface area contributed by atoms with E-state index in [0.29, 0.717) is 19.5 Å². The second-order valence-corrected chi connectivity index (χ2v) is 5.22. The van der Waals surface area contributed by atoms with Crippen molar-refractivity contribution >= 4 is 23.2 Å². The Balaban J connectivity index is 2.07. The van der Waals surface area contributed by atoms with E-state index in [-0.39, 0.29) is 23.4 Å². The minimum Gasteiger partial charge on any atom is -0.342 e. The van der Waals surface area contributed by atoms with Crippen LogP contribution < -0.4 is 5.32 Å². The number of rotatable bonds is 3. The van der Waals surface area contributed by atoms with Crippen LogP contribution in [0.15, 0.2) is 18.2 Å². The van der Waals surface area contributed by atoms with Gasteiger partial charge in [0.05, 0.1) is 10.8 Å². The average molecular weight is 309 g/mol. The summed E-state index contributed by atoms with van der Waals surface area (Å²) in [5.41, 5.74) is -0.523. The molecule has 1 N–H and O–H groups in total. The lowest BCUT2D eigenvalue weighted by Crippen LogP contribution is -2.42. The van der Waals surface area contributed by atoms with Crippen molar-refractivity contribution in [2.24, 2.45) is 5.92 Å². The van der Waals surface area contributed by atoms with Crippen LogP contribution in [0, 0.1) is 21.8 Å². The normalized spacial score (nSPS) is 17.9. The lowest BCUT2D eigenvalue weighted by molar-refractivity contribution is -0.387. The number of nitrogens with zero attached hydrogens (tertiary/aromatic N) is 2. The van der Waals surface area contributed by atoms with E-state index in [1.807, 2.05) is 0 Å². The molecule has 2 rings (SSSR count). The third-order valence-electron chi connectivity index (χ3n) is 3.65. The van der Waals surface area contributed by atoms with Crippen LogP contribution in [-0.4, -0.2) is 34.7 Å². The number of benzene rings is 1. The average Bonchev–Trinajstić information content (AvgIpc) is 2.49. The largest absolute Gasteiger partial charge is 0.342 e. The minimum atomic E-state index is -0.955. The Morgan fingerprint density at radius 2 is 2.18 bits per heavy atom. The smallest absolute Gasteiger partial charge is 0.306 e. The molecule has 1 aliphatic rings. The Kier molecular flexibility index (Phi) is 4.69. The molecule has 1 aromatic rings. The number of carbonyl (C=O) groups is 2. The van der Waals surface area contributed by atoms with Gasteiger partial charge in [-0.15, -0.1) is 0 Å². The van der Waals surface area contributed by atoms with E-state index < -0.39 is 16.4 Å². The number of halogens is 1. The molecular weight excluding hydrogens is 293 g/mol. The molecule has 2 amide bonds. The number of nitro benzene ring substituents is 1. The van der Waals surface area contributed by atoms with E-state index in [1.165, 1.54) is 13.0 Å². The molecule has 0 radical (unpaired) electrons. The molecule has 1 fully saturated rings. The van der Waals surface area contributed by atoms with E-state index in [0.717, 1.165) is 18.6 Å². The molecule has 1 aromatic carbocycles. The molecule has 118 valence electrons. The first-order valence-electron chi connectivity index (χ1n) is 6.89. The van der Waals surface area contributed by atoms with Crippen LogP contribution >= 0.6 is 0 Å². The summed E-state index contributed by atoms with van der Waals surface area (Å²) in [6, 6.07) is 3.20. The number of likely N-dealkylation sites (tertiary alicyclic amines) is 1. The molecule has 22 heavy (non-hydrogen) atoms. The summed E-state index contributed by atoms with van der Waals surface area (Å²) in [4.78, 5) is 35.0. The maximum absolute atomic E-state index is 13.3. The van der Waals surface area contributed by atoms with Crippen molar-refractivity contribution in [2.45, 2.75) is 19.8 Å². The van der Waals surface area contributed by atoms with Crippen molar-refractivity contribution in [1.29, 1.82) is 0 Å². The van der Waals surface area contributed by atoms with E-state index in [2.05, 4.69) is 5.32 Å². The monoisotopic (exact) mass is 309 g/mol. The van der Waals surface area contributed by atoms with Crippen LogP contribution in [0.3, 0.4) is 0 Å². The summed E-state index contributed by atoms with van der Waals surface area (Å²) < 4.78 is 13.3. The topological polar surface area (TPSA) is 92.6 Å².